The molecular weight excluding hydrogens is 349 g/mol. The van der Waals surface area contributed by atoms with Crippen molar-refractivity contribution in [2.45, 2.75) is 12.5 Å². The van der Waals surface area contributed by atoms with Crippen molar-refractivity contribution in [1.82, 2.24) is 5.32 Å². The van der Waals surface area contributed by atoms with E-state index in [1.165, 1.54) is 23.9 Å². The molecule has 0 spiro atoms. The van der Waals surface area contributed by atoms with Crippen molar-refractivity contribution >= 4 is 45.3 Å². The van der Waals surface area contributed by atoms with Gasteiger partial charge >= 0.3 is 6.03 Å². The van der Waals surface area contributed by atoms with Crippen molar-refractivity contribution in [3.8, 4) is 0 Å². The number of nitrogens with one attached hydrogen (secondary N) is 2. The highest BCUT2D eigenvalue weighted by atomic mass is 79.9. The van der Waals surface area contributed by atoms with Gasteiger partial charge in [0.2, 0.25) is 5.91 Å². The Morgan fingerprint density at radius 1 is 1.50 bits per heavy atom. The number of halogens is 2. The average molecular weight is 364 g/mol. The summed E-state index contributed by atoms with van der Waals surface area (Å²) in [5.41, 5.74) is 5.08. The van der Waals surface area contributed by atoms with Crippen LogP contribution in [0.15, 0.2) is 22.7 Å². The third kappa shape index (κ3) is 5.38. The maximum absolute atomic E-state index is 13.6. The summed E-state index contributed by atoms with van der Waals surface area (Å²) in [4.78, 5) is 22.9. The highest BCUT2D eigenvalue weighted by Gasteiger charge is 2.20. The molecule has 0 saturated carbocycles. The number of nitrogens with two attached hydrogens (primary N) is 1. The largest absolute Gasteiger partial charge is 0.352 e. The maximum atomic E-state index is 13.6. The van der Waals surface area contributed by atoms with Gasteiger partial charge in [0.05, 0.1) is 5.69 Å². The van der Waals surface area contributed by atoms with E-state index in [2.05, 4.69) is 26.6 Å². The first-order valence-electron chi connectivity index (χ1n) is 5.75. The second-order valence-electron chi connectivity index (χ2n) is 3.96. The fourth-order valence-electron chi connectivity index (χ4n) is 1.49. The van der Waals surface area contributed by atoms with Crippen molar-refractivity contribution in [1.29, 1.82) is 0 Å². The molecule has 110 valence electrons. The van der Waals surface area contributed by atoms with E-state index in [1.54, 1.807) is 6.07 Å². The van der Waals surface area contributed by atoms with Crippen LogP contribution in [0, 0.1) is 5.82 Å². The molecule has 0 aromatic heterocycles. The molecule has 0 unspecified atom stereocenters. The Hall–Kier alpha value is -1.28. The molecule has 0 fully saturated rings. The van der Waals surface area contributed by atoms with Gasteiger partial charge < -0.3 is 16.4 Å². The lowest BCUT2D eigenvalue weighted by atomic mass is 10.2. The Balaban J connectivity index is 2.76. The van der Waals surface area contributed by atoms with E-state index in [0.29, 0.717) is 16.6 Å². The number of benzene rings is 1. The number of hydrogen-bond acceptors (Lipinski definition) is 3. The van der Waals surface area contributed by atoms with Crippen LogP contribution in [0.4, 0.5) is 14.9 Å². The number of amides is 3. The molecule has 0 aliphatic heterocycles. The lowest BCUT2D eigenvalue weighted by molar-refractivity contribution is -0.118. The smallest absolute Gasteiger partial charge is 0.312 e. The molecular formula is C12H15BrFN3O2S. The quantitative estimate of drug-likeness (QED) is 0.724. The molecule has 20 heavy (non-hydrogen) atoms. The van der Waals surface area contributed by atoms with Crippen LogP contribution in [0.3, 0.4) is 0 Å². The second kappa shape index (κ2) is 8.11. The van der Waals surface area contributed by atoms with Crippen molar-refractivity contribution in [3.63, 3.8) is 0 Å². The fourth-order valence-corrected chi connectivity index (χ4v) is 2.29. The highest BCUT2D eigenvalue weighted by molar-refractivity contribution is 9.10. The zero-order chi connectivity index (χ0) is 15.1. The van der Waals surface area contributed by atoms with Crippen molar-refractivity contribution < 1.29 is 14.0 Å². The van der Waals surface area contributed by atoms with Crippen molar-refractivity contribution in [3.05, 3.63) is 28.5 Å². The number of anilines is 1. The SMILES string of the molecule is CSCC[C@H](NC(N)=O)C(=O)Nc1ccc(Br)cc1F. The second-order valence-corrected chi connectivity index (χ2v) is 5.86. The first-order chi connectivity index (χ1) is 9.43. The Morgan fingerprint density at radius 3 is 2.75 bits per heavy atom. The molecule has 0 bridgehead atoms. The number of primary amides is 1. The van der Waals surface area contributed by atoms with E-state index in [-0.39, 0.29) is 5.69 Å². The molecule has 4 N–H and O–H groups in total. The summed E-state index contributed by atoms with van der Waals surface area (Å²) in [6, 6.07) is 2.71. The zero-order valence-electron chi connectivity index (χ0n) is 10.8. The fraction of sp³-hybridized carbons (Fsp3) is 0.333. The van der Waals surface area contributed by atoms with E-state index in [1.807, 2.05) is 6.26 Å². The molecule has 3 amide bonds. The van der Waals surface area contributed by atoms with Crippen molar-refractivity contribution in [2.75, 3.05) is 17.3 Å². The average Bonchev–Trinajstić information content (AvgIpc) is 2.37. The van der Waals surface area contributed by atoms with Crippen LogP contribution in [0.5, 0.6) is 0 Å². The van der Waals surface area contributed by atoms with Crippen LogP contribution in [0.2, 0.25) is 0 Å². The maximum Gasteiger partial charge on any atom is 0.312 e. The Morgan fingerprint density at radius 2 is 2.20 bits per heavy atom. The van der Waals surface area contributed by atoms with Crippen LogP contribution in [-0.4, -0.2) is 30.0 Å². The summed E-state index contributed by atoms with van der Waals surface area (Å²) in [7, 11) is 0. The normalized spacial score (nSPS) is 11.8. The van der Waals surface area contributed by atoms with Crippen LogP contribution in [0.25, 0.3) is 0 Å². The molecule has 1 aromatic rings. The lowest BCUT2D eigenvalue weighted by Gasteiger charge is -2.17. The number of carbonyl (C=O) groups excluding carboxylic acids is 2. The Kier molecular flexibility index (Phi) is 6.80. The first kappa shape index (κ1) is 16.8. The molecule has 0 aliphatic carbocycles. The molecule has 8 heteroatoms. The number of carbonyl (C=O) groups is 2. The Labute approximate surface area is 129 Å². The predicted molar refractivity (Wildman–Crippen MR) is 82.2 cm³/mol. The van der Waals surface area contributed by atoms with Gasteiger partial charge in [-0.3, -0.25) is 4.79 Å². The van der Waals surface area contributed by atoms with E-state index in [9.17, 15) is 14.0 Å². The molecule has 5 nitrogen and oxygen atoms in total. The monoisotopic (exact) mass is 363 g/mol. The molecule has 1 aromatic carbocycles. The summed E-state index contributed by atoms with van der Waals surface area (Å²) in [5.74, 6) is -0.393. The van der Waals surface area contributed by atoms with Gasteiger partial charge in [-0.25, -0.2) is 9.18 Å². The van der Waals surface area contributed by atoms with Gasteiger partial charge in [-0.05, 0) is 36.6 Å². The van der Waals surface area contributed by atoms with E-state index in [0.717, 1.165) is 0 Å². The lowest BCUT2D eigenvalue weighted by Crippen LogP contribution is -2.46. The molecule has 1 atom stereocenters. The predicted octanol–water partition coefficient (Wildman–Crippen LogP) is 2.32. The number of rotatable bonds is 6. The first-order valence-corrected chi connectivity index (χ1v) is 7.93. The van der Waals surface area contributed by atoms with Gasteiger partial charge in [0.25, 0.3) is 0 Å². The molecule has 0 radical (unpaired) electrons. The van der Waals surface area contributed by atoms with Crippen LogP contribution in [-0.2, 0) is 4.79 Å². The number of thioether (sulfide) groups is 1. The minimum Gasteiger partial charge on any atom is -0.352 e. The molecule has 0 aliphatic rings. The van der Waals surface area contributed by atoms with Gasteiger partial charge in [0.1, 0.15) is 11.9 Å². The van der Waals surface area contributed by atoms with Crippen molar-refractivity contribution in [2.24, 2.45) is 5.73 Å². The van der Waals surface area contributed by atoms with Crippen LogP contribution >= 0.6 is 27.7 Å². The van der Waals surface area contributed by atoms with E-state index >= 15 is 0 Å². The van der Waals surface area contributed by atoms with Gasteiger partial charge in [-0.1, -0.05) is 15.9 Å². The van der Waals surface area contributed by atoms with Gasteiger partial charge in [-0.2, -0.15) is 11.8 Å². The summed E-state index contributed by atoms with van der Waals surface area (Å²) < 4.78 is 14.2. The van der Waals surface area contributed by atoms with Crippen LogP contribution < -0.4 is 16.4 Å². The molecule has 0 heterocycles. The zero-order valence-corrected chi connectivity index (χ0v) is 13.2. The third-order valence-electron chi connectivity index (χ3n) is 2.43. The van der Waals surface area contributed by atoms with Crippen LogP contribution in [0.1, 0.15) is 6.42 Å². The van der Waals surface area contributed by atoms with E-state index < -0.39 is 23.8 Å². The molecule has 1 rings (SSSR count). The van der Waals surface area contributed by atoms with Gasteiger partial charge in [0.15, 0.2) is 0 Å². The number of hydrogen-bond donors (Lipinski definition) is 3. The summed E-state index contributed by atoms with van der Waals surface area (Å²) in [5, 5.41) is 4.78. The molecule has 0 saturated heterocycles. The minimum absolute atomic E-state index is 0.0543. The van der Waals surface area contributed by atoms with Gasteiger partial charge in [0, 0.05) is 4.47 Å². The van der Waals surface area contributed by atoms with E-state index in [4.69, 9.17) is 5.73 Å². The summed E-state index contributed by atoms with van der Waals surface area (Å²) in [6.07, 6.45) is 2.29. The van der Waals surface area contributed by atoms with Gasteiger partial charge in [-0.15, -0.1) is 0 Å². The summed E-state index contributed by atoms with van der Waals surface area (Å²) in [6.45, 7) is 0. The number of urea groups is 1. The highest BCUT2D eigenvalue weighted by Crippen LogP contribution is 2.19. The summed E-state index contributed by atoms with van der Waals surface area (Å²) >= 11 is 4.66. The topological polar surface area (TPSA) is 84.2 Å². The Bertz CT molecular complexity index is 502. The third-order valence-corrected chi connectivity index (χ3v) is 3.57. The standard InChI is InChI=1S/C12H15BrFN3O2S/c1-20-5-4-10(17-12(15)19)11(18)16-9-3-2-7(13)6-8(9)14/h2-3,6,10H,4-5H2,1H3,(H,16,18)(H3,15,17,19)/t10-/m0/s1. The minimum atomic E-state index is -0.789.